The minimum atomic E-state index is -5.97. The van der Waals surface area contributed by atoms with Gasteiger partial charge in [-0.1, -0.05) is 54.6 Å². The van der Waals surface area contributed by atoms with Crippen LogP contribution in [-0.2, 0) is 0 Å². The van der Waals surface area contributed by atoms with E-state index in [-0.39, 0.29) is 0 Å². The molecule has 0 heterocycles. The highest BCUT2D eigenvalue weighted by Gasteiger charge is 3.01. The Morgan fingerprint density at radius 3 is 0.742 bits per heavy atom. The molecule has 1 fully saturated rings. The van der Waals surface area contributed by atoms with E-state index < -0.39 is 23.7 Å². The van der Waals surface area contributed by atoms with Crippen LogP contribution in [0.25, 0.3) is 0 Å². The van der Waals surface area contributed by atoms with Crippen LogP contribution in [0, 0.1) is 0 Å². The number of hydrogen-bond acceptors (Lipinski definition) is 1. The summed E-state index contributed by atoms with van der Waals surface area (Å²) in [7, 11) is 0. The molecule has 0 atom stereocenters. The van der Waals surface area contributed by atoms with Crippen LogP contribution in [0.1, 0.15) is 0 Å². The zero-order valence-electron chi connectivity index (χ0n) is 15.6. The molecular formula is C22H15F8N. The molecule has 3 aromatic carbocycles. The molecule has 0 aromatic heterocycles. The van der Waals surface area contributed by atoms with Crippen molar-refractivity contribution in [1.29, 1.82) is 0 Å². The van der Waals surface area contributed by atoms with E-state index in [0.29, 0.717) is 0 Å². The first-order valence-electron chi connectivity index (χ1n) is 8.91. The molecule has 9 heteroatoms. The van der Waals surface area contributed by atoms with Gasteiger partial charge in [0, 0.05) is 17.1 Å². The van der Waals surface area contributed by atoms with E-state index in [9.17, 15) is 35.1 Å². The Labute approximate surface area is 172 Å². The Balaban J connectivity index is 0.000000196. The number of para-hydroxylation sites is 3. The van der Waals surface area contributed by atoms with Crippen LogP contribution in [0.15, 0.2) is 91.0 Å². The third kappa shape index (κ3) is 3.51. The molecule has 1 aliphatic rings. The lowest BCUT2D eigenvalue weighted by molar-refractivity contribution is -0.506. The maximum atomic E-state index is 11.6. The van der Waals surface area contributed by atoms with E-state index in [2.05, 4.69) is 77.7 Å². The smallest absolute Gasteiger partial charge is 0.311 e. The Kier molecular flexibility index (Phi) is 5.73. The van der Waals surface area contributed by atoms with Crippen LogP contribution >= 0.6 is 0 Å². The fourth-order valence-electron chi connectivity index (χ4n) is 2.90. The van der Waals surface area contributed by atoms with Gasteiger partial charge in [0.2, 0.25) is 0 Å². The average Bonchev–Trinajstić information content (AvgIpc) is 2.76. The molecule has 164 valence electrons. The zero-order valence-corrected chi connectivity index (χ0v) is 15.6. The van der Waals surface area contributed by atoms with Crippen LogP contribution in [0.3, 0.4) is 0 Å². The van der Waals surface area contributed by atoms with Crippen molar-refractivity contribution in [2.45, 2.75) is 23.7 Å². The summed E-state index contributed by atoms with van der Waals surface area (Å²) in [5.74, 6) is -23.9. The lowest BCUT2D eigenvalue weighted by Crippen LogP contribution is -2.82. The number of halogens is 8. The Morgan fingerprint density at radius 1 is 0.355 bits per heavy atom. The molecule has 0 aliphatic heterocycles. The highest BCUT2D eigenvalue weighted by atomic mass is 19.4. The van der Waals surface area contributed by atoms with Gasteiger partial charge in [0.15, 0.2) is 0 Å². The third-order valence-corrected chi connectivity index (χ3v) is 4.62. The van der Waals surface area contributed by atoms with Crippen molar-refractivity contribution < 1.29 is 35.1 Å². The number of rotatable bonds is 3. The number of anilines is 3. The van der Waals surface area contributed by atoms with Crippen molar-refractivity contribution in [3.05, 3.63) is 91.0 Å². The minimum absolute atomic E-state index is 1.17. The van der Waals surface area contributed by atoms with E-state index in [4.69, 9.17) is 0 Å². The largest absolute Gasteiger partial charge is 0.385 e. The Morgan fingerprint density at radius 2 is 0.548 bits per heavy atom. The van der Waals surface area contributed by atoms with E-state index in [1.54, 1.807) is 0 Å². The van der Waals surface area contributed by atoms with E-state index >= 15 is 0 Å². The highest BCUT2D eigenvalue weighted by Crippen LogP contribution is 2.69. The van der Waals surface area contributed by atoms with Gasteiger partial charge in [0.1, 0.15) is 0 Å². The van der Waals surface area contributed by atoms with Gasteiger partial charge in [-0.25, -0.2) is 0 Å². The SMILES string of the molecule is FC1(F)C(F)(F)C(F)(F)C1(F)F.c1ccc(N(c2ccccc2)c2ccccc2)cc1. The van der Waals surface area contributed by atoms with Crippen molar-refractivity contribution in [3.8, 4) is 0 Å². The first-order valence-corrected chi connectivity index (χ1v) is 8.91. The van der Waals surface area contributed by atoms with Gasteiger partial charge in [-0.3, -0.25) is 0 Å². The monoisotopic (exact) mass is 445 g/mol. The zero-order chi connectivity index (χ0) is 22.9. The van der Waals surface area contributed by atoms with Gasteiger partial charge in [0.25, 0.3) is 0 Å². The second-order valence-corrected chi connectivity index (χ2v) is 6.64. The number of nitrogens with zero attached hydrogens (tertiary/aromatic N) is 1. The summed E-state index contributed by atoms with van der Waals surface area (Å²) in [5, 5.41) is 0. The molecule has 1 aliphatic carbocycles. The quantitative estimate of drug-likeness (QED) is 0.374. The maximum absolute atomic E-state index is 11.6. The summed E-state index contributed by atoms with van der Waals surface area (Å²) >= 11 is 0. The molecule has 4 rings (SSSR count). The van der Waals surface area contributed by atoms with Crippen LogP contribution in [0.4, 0.5) is 52.2 Å². The van der Waals surface area contributed by atoms with Crippen molar-refractivity contribution in [2.75, 3.05) is 4.90 Å². The lowest BCUT2D eigenvalue weighted by Gasteiger charge is -2.49. The van der Waals surface area contributed by atoms with Gasteiger partial charge in [-0.15, -0.1) is 0 Å². The van der Waals surface area contributed by atoms with E-state index in [1.165, 1.54) is 17.1 Å². The summed E-state index contributed by atoms with van der Waals surface area (Å²) in [6.45, 7) is 0. The summed E-state index contributed by atoms with van der Waals surface area (Å²) in [6.07, 6.45) is 0. The first kappa shape index (κ1) is 22.6. The Bertz CT molecular complexity index is 834. The lowest BCUT2D eigenvalue weighted by atomic mass is 9.80. The van der Waals surface area contributed by atoms with Crippen LogP contribution in [0.5, 0.6) is 0 Å². The fraction of sp³-hybridized carbons (Fsp3) is 0.182. The summed E-state index contributed by atoms with van der Waals surface area (Å²) < 4.78 is 92.9. The van der Waals surface area contributed by atoms with Crippen molar-refractivity contribution in [2.24, 2.45) is 0 Å². The van der Waals surface area contributed by atoms with Crippen LogP contribution in [0.2, 0.25) is 0 Å². The molecule has 0 bridgehead atoms. The van der Waals surface area contributed by atoms with Gasteiger partial charge in [-0.2, -0.15) is 35.1 Å². The normalized spacial score (nSPS) is 19.4. The number of hydrogen-bond donors (Lipinski definition) is 0. The minimum Gasteiger partial charge on any atom is -0.311 e. The first-order chi connectivity index (χ1) is 14.4. The second kappa shape index (κ2) is 7.86. The summed E-state index contributed by atoms with van der Waals surface area (Å²) in [5.41, 5.74) is 3.50. The van der Waals surface area contributed by atoms with Crippen LogP contribution < -0.4 is 4.90 Å². The molecule has 1 saturated carbocycles. The van der Waals surface area contributed by atoms with Crippen molar-refractivity contribution in [1.82, 2.24) is 0 Å². The molecular weight excluding hydrogens is 430 g/mol. The maximum Gasteiger partial charge on any atom is 0.385 e. The molecule has 31 heavy (non-hydrogen) atoms. The molecule has 0 unspecified atom stereocenters. The highest BCUT2D eigenvalue weighted by molar-refractivity contribution is 5.76. The standard InChI is InChI=1S/C18H15N.C4F8/c1-4-10-16(11-5-1)19(17-12-6-2-7-13-17)18-14-8-3-9-15-18;5-1(6)2(7,8)4(11,12)3(1,9)10/h1-15H;. The topological polar surface area (TPSA) is 3.24 Å². The fourth-order valence-corrected chi connectivity index (χ4v) is 2.90. The number of alkyl halides is 8. The molecule has 0 amide bonds. The van der Waals surface area contributed by atoms with E-state index in [0.717, 1.165) is 0 Å². The van der Waals surface area contributed by atoms with Crippen molar-refractivity contribution in [3.63, 3.8) is 0 Å². The third-order valence-electron chi connectivity index (χ3n) is 4.62. The van der Waals surface area contributed by atoms with Gasteiger partial charge in [0.05, 0.1) is 0 Å². The average molecular weight is 445 g/mol. The second-order valence-electron chi connectivity index (χ2n) is 6.64. The van der Waals surface area contributed by atoms with Crippen LogP contribution in [-0.4, -0.2) is 23.7 Å². The molecule has 1 nitrogen and oxygen atoms in total. The van der Waals surface area contributed by atoms with E-state index in [1.807, 2.05) is 18.2 Å². The number of benzene rings is 3. The predicted octanol–water partition coefficient (Wildman–Crippen LogP) is 7.70. The molecule has 0 N–H and O–H groups in total. The summed E-state index contributed by atoms with van der Waals surface area (Å²) in [4.78, 5) is 2.25. The summed E-state index contributed by atoms with van der Waals surface area (Å²) in [6, 6.07) is 31.3. The predicted molar refractivity (Wildman–Crippen MR) is 101 cm³/mol. The van der Waals surface area contributed by atoms with Gasteiger partial charge < -0.3 is 4.90 Å². The van der Waals surface area contributed by atoms with Gasteiger partial charge >= 0.3 is 23.7 Å². The molecule has 0 radical (unpaired) electrons. The van der Waals surface area contributed by atoms with Gasteiger partial charge in [-0.05, 0) is 36.4 Å². The molecule has 0 spiro atoms. The van der Waals surface area contributed by atoms with Crippen molar-refractivity contribution >= 4 is 17.1 Å². The Hall–Kier alpha value is -3.10. The molecule has 3 aromatic rings. The molecule has 0 saturated heterocycles.